The summed E-state index contributed by atoms with van der Waals surface area (Å²) in [5.74, 6) is 0.720. The van der Waals surface area contributed by atoms with Crippen molar-refractivity contribution in [2.75, 3.05) is 0 Å². The van der Waals surface area contributed by atoms with Gasteiger partial charge < -0.3 is 4.74 Å². The van der Waals surface area contributed by atoms with Gasteiger partial charge in [0.25, 0.3) is 0 Å². The van der Waals surface area contributed by atoms with Crippen molar-refractivity contribution in [3.05, 3.63) is 30.3 Å². The van der Waals surface area contributed by atoms with Crippen LogP contribution in [0.3, 0.4) is 0 Å². The Bertz CT molecular complexity index is 295. The maximum atomic E-state index is 10.7. The van der Waals surface area contributed by atoms with Crippen LogP contribution in [0.25, 0.3) is 0 Å². The van der Waals surface area contributed by atoms with E-state index in [4.69, 9.17) is 4.74 Å². The molecule has 14 heavy (non-hydrogen) atoms. The summed E-state index contributed by atoms with van der Waals surface area (Å²) in [4.78, 5) is 10.7. The number of aldehydes is 1. The van der Waals surface area contributed by atoms with Crippen molar-refractivity contribution < 1.29 is 9.53 Å². The molecule has 0 aromatic heterocycles. The predicted octanol–water partition coefficient (Wildman–Crippen LogP) is 1.34. The topological polar surface area (TPSA) is 38.3 Å². The molecule has 0 radical (unpaired) electrons. The SMILES string of the molecule is O=CC(NC1CC1)Oc1ccccc1. The molecule has 2 rings (SSSR count). The maximum absolute atomic E-state index is 10.7. The van der Waals surface area contributed by atoms with Gasteiger partial charge in [0.2, 0.25) is 6.23 Å². The van der Waals surface area contributed by atoms with E-state index in [1.165, 1.54) is 0 Å². The minimum atomic E-state index is -0.509. The summed E-state index contributed by atoms with van der Waals surface area (Å²) < 4.78 is 5.44. The normalized spacial score (nSPS) is 17.4. The Kier molecular flexibility index (Phi) is 2.79. The molecular weight excluding hydrogens is 178 g/mol. The first-order valence-electron chi connectivity index (χ1n) is 4.81. The summed E-state index contributed by atoms with van der Waals surface area (Å²) in [6.07, 6.45) is 2.57. The molecule has 0 saturated heterocycles. The van der Waals surface area contributed by atoms with Crippen LogP contribution in [-0.2, 0) is 4.79 Å². The number of benzene rings is 1. The van der Waals surface area contributed by atoms with E-state index >= 15 is 0 Å². The number of nitrogens with one attached hydrogen (secondary N) is 1. The number of hydrogen-bond acceptors (Lipinski definition) is 3. The van der Waals surface area contributed by atoms with Crippen LogP contribution in [0.5, 0.6) is 5.75 Å². The minimum absolute atomic E-state index is 0.467. The molecule has 1 unspecified atom stereocenters. The van der Waals surface area contributed by atoms with Crippen LogP contribution in [0, 0.1) is 0 Å². The summed E-state index contributed by atoms with van der Waals surface area (Å²) in [6, 6.07) is 9.82. The number of carbonyl (C=O) groups excluding carboxylic acids is 1. The van der Waals surface area contributed by atoms with Crippen molar-refractivity contribution in [3.8, 4) is 5.75 Å². The summed E-state index contributed by atoms with van der Waals surface area (Å²) in [7, 11) is 0. The van der Waals surface area contributed by atoms with Gasteiger partial charge in [-0.25, -0.2) is 0 Å². The Morgan fingerprint density at radius 2 is 2.07 bits per heavy atom. The largest absolute Gasteiger partial charge is 0.468 e. The average Bonchev–Trinajstić information content (AvgIpc) is 3.02. The van der Waals surface area contributed by atoms with Crippen LogP contribution < -0.4 is 10.1 Å². The van der Waals surface area contributed by atoms with E-state index in [0.29, 0.717) is 6.04 Å². The van der Waals surface area contributed by atoms with Crippen molar-refractivity contribution in [1.29, 1.82) is 0 Å². The van der Waals surface area contributed by atoms with Gasteiger partial charge in [-0.05, 0) is 25.0 Å². The molecule has 1 saturated carbocycles. The molecule has 0 amide bonds. The lowest BCUT2D eigenvalue weighted by molar-refractivity contribution is -0.115. The van der Waals surface area contributed by atoms with Gasteiger partial charge in [-0.1, -0.05) is 18.2 Å². The number of para-hydroxylation sites is 1. The second-order valence-corrected chi connectivity index (χ2v) is 3.43. The fraction of sp³-hybridized carbons (Fsp3) is 0.364. The molecule has 1 aliphatic rings. The van der Waals surface area contributed by atoms with Gasteiger partial charge in [-0.15, -0.1) is 0 Å². The van der Waals surface area contributed by atoms with Crippen molar-refractivity contribution in [2.45, 2.75) is 25.1 Å². The molecule has 1 fully saturated rings. The number of hydrogen-bond donors (Lipinski definition) is 1. The van der Waals surface area contributed by atoms with E-state index in [1.54, 1.807) is 0 Å². The van der Waals surface area contributed by atoms with Crippen molar-refractivity contribution in [2.24, 2.45) is 0 Å². The molecule has 0 spiro atoms. The van der Waals surface area contributed by atoms with Gasteiger partial charge in [0.1, 0.15) is 5.75 Å². The molecule has 0 aliphatic heterocycles. The van der Waals surface area contributed by atoms with Crippen LogP contribution in [0.15, 0.2) is 30.3 Å². The van der Waals surface area contributed by atoms with E-state index < -0.39 is 6.23 Å². The van der Waals surface area contributed by atoms with Crippen LogP contribution >= 0.6 is 0 Å². The first-order chi connectivity index (χ1) is 6.88. The van der Waals surface area contributed by atoms with Gasteiger partial charge in [0, 0.05) is 6.04 Å². The fourth-order valence-corrected chi connectivity index (χ4v) is 1.23. The van der Waals surface area contributed by atoms with Gasteiger partial charge in [0.15, 0.2) is 6.29 Å². The Hall–Kier alpha value is -1.35. The molecule has 1 atom stereocenters. The van der Waals surface area contributed by atoms with E-state index in [2.05, 4.69) is 5.32 Å². The standard InChI is InChI=1S/C11H13NO2/c13-8-11(12-9-6-7-9)14-10-4-2-1-3-5-10/h1-5,8-9,11-12H,6-7H2. The van der Waals surface area contributed by atoms with Crippen LogP contribution in [0.4, 0.5) is 0 Å². The van der Waals surface area contributed by atoms with Crippen molar-refractivity contribution in [1.82, 2.24) is 5.32 Å². The Labute approximate surface area is 83.1 Å². The van der Waals surface area contributed by atoms with Gasteiger partial charge in [-0.2, -0.15) is 0 Å². The zero-order valence-corrected chi connectivity index (χ0v) is 7.85. The Balaban J connectivity index is 1.90. The van der Waals surface area contributed by atoms with E-state index in [1.807, 2.05) is 30.3 Å². The van der Waals surface area contributed by atoms with E-state index in [-0.39, 0.29) is 0 Å². The second kappa shape index (κ2) is 4.24. The summed E-state index contributed by atoms with van der Waals surface area (Å²) >= 11 is 0. The third kappa shape index (κ3) is 2.57. The molecule has 74 valence electrons. The highest BCUT2D eigenvalue weighted by atomic mass is 16.5. The molecule has 1 aromatic rings. The molecule has 1 aromatic carbocycles. The highest BCUT2D eigenvalue weighted by Gasteiger charge is 2.24. The number of ether oxygens (including phenoxy) is 1. The monoisotopic (exact) mass is 191 g/mol. The van der Waals surface area contributed by atoms with Crippen LogP contribution in [0.1, 0.15) is 12.8 Å². The van der Waals surface area contributed by atoms with Gasteiger partial charge >= 0.3 is 0 Å². The van der Waals surface area contributed by atoms with E-state index in [0.717, 1.165) is 24.9 Å². The fourth-order valence-electron chi connectivity index (χ4n) is 1.23. The Morgan fingerprint density at radius 1 is 1.36 bits per heavy atom. The lowest BCUT2D eigenvalue weighted by atomic mass is 10.3. The van der Waals surface area contributed by atoms with Crippen molar-refractivity contribution in [3.63, 3.8) is 0 Å². The maximum Gasteiger partial charge on any atom is 0.206 e. The third-order valence-corrected chi connectivity index (χ3v) is 2.11. The quantitative estimate of drug-likeness (QED) is 0.564. The lowest BCUT2D eigenvalue weighted by Crippen LogP contribution is -2.37. The minimum Gasteiger partial charge on any atom is -0.468 e. The summed E-state index contributed by atoms with van der Waals surface area (Å²) in [5.41, 5.74) is 0. The molecule has 3 nitrogen and oxygen atoms in total. The average molecular weight is 191 g/mol. The Morgan fingerprint density at radius 3 is 2.64 bits per heavy atom. The molecule has 1 aliphatic carbocycles. The van der Waals surface area contributed by atoms with Gasteiger partial charge in [0.05, 0.1) is 0 Å². The van der Waals surface area contributed by atoms with E-state index in [9.17, 15) is 4.79 Å². The molecule has 0 heterocycles. The van der Waals surface area contributed by atoms with Crippen molar-refractivity contribution >= 4 is 6.29 Å². The number of rotatable bonds is 5. The summed E-state index contributed by atoms with van der Waals surface area (Å²) in [6.45, 7) is 0. The molecule has 3 heteroatoms. The van der Waals surface area contributed by atoms with Crippen LogP contribution in [0.2, 0.25) is 0 Å². The zero-order valence-electron chi connectivity index (χ0n) is 7.85. The molecule has 1 N–H and O–H groups in total. The second-order valence-electron chi connectivity index (χ2n) is 3.43. The smallest absolute Gasteiger partial charge is 0.206 e. The van der Waals surface area contributed by atoms with Crippen LogP contribution in [-0.4, -0.2) is 18.6 Å². The third-order valence-electron chi connectivity index (χ3n) is 2.11. The highest BCUT2D eigenvalue weighted by molar-refractivity contribution is 5.56. The molecule has 0 bridgehead atoms. The first-order valence-corrected chi connectivity index (χ1v) is 4.81. The first kappa shape index (κ1) is 9.21. The highest BCUT2D eigenvalue weighted by Crippen LogP contribution is 2.20. The predicted molar refractivity (Wildman–Crippen MR) is 53.1 cm³/mol. The zero-order chi connectivity index (χ0) is 9.80. The summed E-state index contributed by atoms with van der Waals surface area (Å²) in [5, 5.41) is 3.10. The van der Waals surface area contributed by atoms with Gasteiger partial charge in [-0.3, -0.25) is 10.1 Å². The number of carbonyl (C=O) groups is 1. The lowest BCUT2D eigenvalue weighted by Gasteiger charge is -2.14. The molecular formula is C11H13NO2.